The SMILES string of the molecule is CCCC1C[C@H](C(=O)NC(C(C)Cl)C2O[C@H](S(C)=O)C(O)C(O)[C@H]2O)N(C)C1.Cl. The third-order valence-corrected chi connectivity index (χ3v) is 7.04. The first kappa shape index (κ1) is 27.0. The normalized spacial score (nSPS) is 38.7. The van der Waals surface area contributed by atoms with E-state index in [0.717, 1.165) is 25.8 Å². The van der Waals surface area contributed by atoms with Gasteiger partial charge in [-0.3, -0.25) is 13.9 Å². The van der Waals surface area contributed by atoms with Gasteiger partial charge in [0.15, 0.2) is 5.44 Å². The molecular weight excluding hydrogens is 443 g/mol. The molecule has 0 bridgehead atoms. The van der Waals surface area contributed by atoms with Gasteiger partial charge in [0.1, 0.15) is 24.4 Å². The number of hydrogen-bond acceptors (Lipinski definition) is 7. The van der Waals surface area contributed by atoms with E-state index in [1.165, 1.54) is 6.26 Å². The van der Waals surface area contributed by atoms with E-state index in [1.807, 2.05) is 11.9 Å². The predicted molar refractivity (Wildman–Crippen MR) is 115 cm³/mol. The van der Waals surface area contributed by atoms with Crippen molar-refractivity contribution in [3.8, 4) is 0 Å². The molecule has 0 radical (unpaired) electrons. The van der Waals surface area contributed by atoms with Crippen LogP contribution in [-0.4, -0.2) is 97.5 Å². The topological polar surface area (TPSA) is 119 Å². The Labute approximate surface area is 186 Å². The van der Waals surface area contributed by atoms with Gasteiger partial charge in [0.2, 0.25) is 5.91 Å². The van der Waals surface area contributed by atoms with Gasteiger partial charge in [-0.1, -0.05) is 13.3 Å². The molecule has 10 atom stereocenters. The Balaban J connectivity index is 0.00000420. The van der Waals surface area contributed by atoms with Crippen molar-refractivity contribution in [1.29, 1.82) is 0 Å². The monoisotopic (exact) mass is 476 g/mol. The number of likely N-dealkylation sites (N-methyl/N-ethyl adjacent to an activating group) is 1. The molecule has 4 N–H and O–H groups in total. The summed E-state index contributed by atoms with van der Waals surface area (Å²) < 4.78 is 17.5. The van der Waals surface area contributed by atoms with Crippen molar-refractivity contribution < 1.29 is 29.1 Å². The van der Waals surface area contributed by atoms with E-state index >= 15 is 0 Å². The number of hydrogen-bond donors (Lipinski definition) is 4. The van der Waals surface area contributed by atoms with Gasteiger partial charge in [-0.05, 0) is 32.7 Å². The molecule has 0 saturated carbocycles. The minimum atomic E-state index is -1.60. The summed E-state index contributed by atoms with van der Waals surface area (Å²) in [5.74, 6) is 0.238. The van der Waals surface area contributed by atoms with E-state index < -0.39 is 52.1 Å². The zero-order chi connectivity index (χ0) is 21.2. The highest BCUT2D eigenvalue weighted by atomic mass is 35.5. The third-order valence-electron chi connectivity index (χ3n) is 5.73. The van der Waals surface area contributed by atoms with Crippen LogP contribution in [0.2, 0.25) is 0 Å². The van der Waals surface area contributed by atoms with E-state index in [2.05, 4.69) is 12.2 Å². The Bertz CT molecular complexity index is 572. The lowest BCUT2D eigenvalue weighted by molar-refractivity contribution is -0.206. The maximum Gasteiger partial charge on any atom is 0.237 e. The van der Waals surface area contributed by atoms with Crippen LogP contribution in [0, 0.1) is 5.92 Å². The number of alkyl halides is 1. The Morgan fingerprint density at radius 3 is 2.45 bits per heavy atom. The molecule has 0 aromatic heterocycles. The van der Waals surface area contributed by atoms with Crippen molar-refractivity contribution in [2.24, 2.45) is 5.92 Å². The number of ether oxygens (including phenoxy) is 1. The van der Waals surface area contributed by atoms with Gasteiger partial charge in [-0.25, -0.2) is 0 Å². The number of carbonyl (C=O) groups excluding carboxylic acids is 1. The number of likely N-dealkylation sites (tertiary alicyclic amines) is 1. The number of nitrogens with one attached hydrogen (secondary N) is 1. The van der Waals surface area contributed by atoms with Gasteiger partial charge in [0.25, 0.3) is 0 Å². The number of carbonyl (C=O) groups is 1. The lowest BCUT2D eigenvalue weighted by Crippen LogP contribution is -2.66. The van der Waals surface area contributed by atoms with Crippen molar-refractivity contribution in [2.75, 3.05) is 19.8 Å². The zero-order valence-corrected chi connectivity index (χ0v) is 19.6. The summed E-state index contributed by atoms with van der Waals surface area (Å²) in [7, 11) is 0.301. The Hall–Kier alpha value is -0.0000000000000000555. The highest BCUT2D eigenvalue weighted by molar-refractivity contribution is 7.84. The van der Waals surface area contributed by atoms with Crippen LogP contribution in [0.4, 0.5) is 0 Å². The van der Waals surface area contributed by atoms with Crippen molar-refractivity contribution in [2.45, 2.75) is 80.4 Å². The van der Waals surface area contributed by atoms with Gasteiger partial charge < -0.3 is 25.4 Å². The molecule has 7 unspecified atom stereocenters. The van der Waals surface area contributed by atoms with E-state index in [4.69, 9.17) is 16.3 Å². The fourth-order valence-electron chi connectivity index (χ4n) is 4.19. The average molecular weight is 477 g/mol. The molecule has 2 saturated heterocycles. The molecule has 0 aromatic carbocycles. The minimum absolute atomic E-state index is 0. The van der Waals surface area contributed by atoms with Crippen molar-refractivity contribution in [3.05, 3.63) is 0 Å². The first-order valence-electron chi connectivity index (χ1n) is 9.75. The largest absolute Gasteiger partial charge is 0.388 e. The number of nitrogens with zero attached hydrogens (tertiary/aromatic N) is 1. The molecule has 2 aliphatic rings. The second-order valence-corrected chi connectivity index (χ2v) is 10.1. The summed E-state index contributed by atoms with van der Waals surface area (Å²) in [6.07, 6.45) is -1.41. The van der Waals surface area contributed by atoms with E-state index in [9.17, 15) is 24.3 Å². The average Bonchev–Trinajstić information content (AvgIpc) is 2.98. The molecule has 2 fully saturated rings. The molecule has 172 valence electrons. The molecule has 1 amide bonds. The van der Waals surface area contributed by atoms with Crippen molar-refractivity contribution >= 4 is 40.7 Å². The molecule has 0 spiro atoms. The first-order chi connectivity index (χ1) is 13.1. The fraction of sp³-hybridized carbons (Fsp3) is 0.944. The lowest BCUT2D eigenvalue weighted by Gasteiger charge is -2.43. The van der Waals surface area contributed by atoms with Crippen LogP contribution >= 0.6 is 24.0 Å². The molecule has 2 rings (SSSR count). The maximum absolute atomic E-state index is 12.9. The van der Waals surface area contributed by atoms with Crippen LogP contribution in [0.3, 0.4) is 0 Å². The maximum atomic E-state index is 12.9. The summed E-state index contributed by atoms with van der Waals surface area (Å²) in [4.78, 5) is 14.9. The summed E-state index contributed by atoms with van der Waals surface area (Å²) in [6.45, 7) is 4.61. The van der Waals surface area contributed by atoms with E-state index in [1.54, 1.807) is 6.92 Å². The van der Waals surface area contributed by atoms with Gasteiger partial charge in [-0.2, -0.15) is 0 Å². The van der Waals surface area contributed by atoms with Crippen LogP contribution < -0.4 is 5.32 Å². The smallest absolute Gasteiger partial charge is 0.237 e. The molecule has 29 heavy (non-hydrogen) atoms. The van der Waals surface area contributed by atoms with Crippen LogP contribution in [0.1, 0.15) is 33.1 Å². The molecule has 8 nitrogen and oxygen atoms in total. The molecule has 11 heteroatoms. The number of rotatable bonds is 7. The Morgan fingerprint density at radius 1 is 1.31 bits per heavy atom. The van der Waals surface area contributed by atoms with Crippen molar-refractivity contribution in [3.63, 3.8) is 0 Å². The molecule has 2 aliphatic heterocycles. The van der Waals surface area contributed by atoms with Crippen LogP contribution in [0.25, 0.3) is 0 Å². The summed E-state index contributed by atoms with van der Waals surface area (Å²) in [5, 5.41) is 32.8. The Kier molecular flexibility index (Phi) is 10.8. The number of aliphatic hydroxyl groups excluding tert-OH is 3. The quantitative estimate of drug-likeness (QED) is 0.376. The summed E-state index contributed by atoms with van der Waals surface area (Å²) in [6, 6.07) is -1.13. The van der Waals surface area contributed by atoms with Gasteiger partial charge >= 0.3 is 0 Å². The predicted octanol–water partition coefficient (Wildman–Crippen LogP) is -0.173. The standard InChI is InChI=1S/C18H33ClN2O6S.ClH/c1-5-6-10-7-11(21(3)8-10)17(25)20-12(9(2)19)16-14(23)13(22)15(24)18(27-16)28(4)26;/h9-16,18,22-24H,5-8H2,1-4H3,(H,20,25);1H/t9?,10?,11-,12?,13?,14-,15?,16?,18-,28?;/m1./s1. The molecule has 2 heterocycles. The lowest BCUT2D eigenvalue weighted by atomic mass is 9.92. The minimum Gasteiger partial charge on any atom is -0.388 e. The summed E-state index contributed by atoms with van der Waals surface area (Å²) in [5.41, 5.74) is -1.18. The highest BCUT2D eigenvalue weighted by Gasteiger charge is 2.49. The zero-order valence-electron chi connectivity index (χ0n) is 17.2. The van der Waals surface area contributed by atoms with E-state index in [-0.39, 0.29) is 24.4 Å². The van der Waals surface area contributed by atoms with Crippen molar-refractivity contribution in [1.82, 2.24) is 10.2 Å². The van der Waals surface area contributed by atoms with Gasteiger partial charge in [0.05, 0.1) is 28.3 Å². The molecule has 0 aliphatic carbocycles. The summed E-state index contributed by atoms with van der Waals surface area (Å²) >= 11 is 6.28. The second kappa shape index (κ2) is 11.6. The molecular formula is C18H34Cl2N2O6S. The van der Waals surface area contributed by atoms with Gasteiger partial charge in [0, 0.05) is 12.8 Å². The van der Waals surface area contributed by atoms with Gasteiger partial charge in [-0.15, -0.1) is 24.0 Å². The third kappa shape index (κ3) is 6.26. The number of amides is 1. The fourth-order valence-corrected chi connectivity index (χ4v) is 5.24. The van der Waals surface area contributed by atoms with Crippen LogP contribution in [0.15, 0.2) is 0 Å². The highest BCUT2D eigenvalue weighted by Crippen LogP contribution is 2.29. The second-order valence-electron chi connectivity index (χ2n) is 8.00. The van der Waals surface area contributed by atoms with Crippen LogP contribution in [0.5, 0.6) is 0 Å². The van der Waals surface area contributed by atoms with Crippen LogP contribution in [-0.2, 0) is 20.3 Å². The Morgan fingerprint density at radius 2 is 1.93 bits per heavy atom. The number of halogens is 2. The molecule has 0 aromatic rings. The number of aliphatic hydroxyl groups is 3. The van der Waals surface area contributed by atoms with E-state index in [0.29, 0.717) is 5.92 Å². The first-order valence-corrected chi connectivity index (χ1v) is 11.8.